The van der Waals surface area contributed by atoms with E-state index >= 15 is 0 Å². The molecule has 2 unspecified atom stereocenters. The van der Waals surface area contributed by atoms with Crippen LogP contribution in [0, 0.1) is 12.8 Å². The van der Waals surface area contributed by atoms with Crippen LogP contribution in [-0.4, -0.2) is 11.8 Å². The molecule has 16 heavy (non-hydrogen) atoms. The van der Waals surface area contributed by atoms with Crippen molar-refractivity contribution in [3.8, 4) is 0 Å². The minimum absolute atomic E-state index is 0.121. The molecule has 0 aliphatic heterocycles. The van der Waals surface area contributed by atoms with Gasteiger partial charge in [0, 0.05) is 12.0 Å². The van der Waals surface area contributed by atoms with E-state index in [1.807, 2.05) is 32.2 Å². The van der Waals surface area contributed by atoms with Gasteiger partial charge in [0.25, 0.3) is 0 Å². The topological polar surface area (TPSA) is 43.1 Å². The van der Waals surface area contributed by atoms with Gasteiger partial charge in [0.05, 0.1) is 4.88 Å². The van der Waals surface area contributed by atoms with E-state index < -0.39 is 0 Å². The number of thiophene rings is 1. The predicted octanol–water partition coefficient (Wildman–Crippen LogP) is 3.39. The maximum atomic E-state index is 12.1. The first-order valence-corrected chi connectivity index (χ1v) is 6.74. The van der Waals surface area contributed by atoms with Gasteiger partial charge in [0.1, 0.15) is 0 Å². The SMILES string of the molecule is Cc1ccsc1C(=O)C(C)CCCC(C)N. The Hall–Kier alpha value is -0.670. The number of aryl methyl sites for hydroxylation is 1. The first kappa shape index (κ1) is 13.4. The van der Waals surface area contributed by atoms with Crippen LogP contribution in [0.5, 0.6) is 0 Å². The molecule has 90 valence electrons. The van der Waals surface area contributed by atoms with E-state index in [0.717, 1.165) is 29.7 Å². The van der Waals surface area contributed by atoms with Gasteiger partial charge >= 0.3 is 0 Å². The van der Waals surface area contributed by atoms with Crippen LogP contribution in [0.4, 0.5) is 0 Å². The third-order valence-corrected chi connectivity index (χ3v) is 3.86. The molecule has 0 saturated heterocycles. The smallest absolute Gasteiger partial charge is 0.175 e. The Morgan fingerprint density at radius 1 is 1.44 bits per heavy atom. The quantitative estimate of drug-likeness (QED) is 0.773. The molecular weight excluding hydrogens is 218 g/mol. The van der Waals surface area contributed by atoms with Crippen molar-refractivity contribution in [2.75, 3.05) is 0 Å². The Balaban J connectivity index is 2.46. The van der Waals surface area contributed by atoms with Crippen LogP contribution < -0.4 is 5.73 Å². The second-order valence-corrected chi connectivity index (χ2v) is 5.52. The molecule has 0 bridgehead atoms. The van der Waals surface area contributed by atoms with Gasteiger partial charge in [-0.25, -0.2) is 0 Å². The van der Waals surface area contributed by atoms with E-state index in [-0.39, 0.29) is 17.7 Å². The zero-order chi connectivity index (χ0) is 12.1. The molecule has 0 radical (unpaired) electrons. The van der Waals surface area contributed by atoms with E-state index in [0.29, 0.717) is 0 Å². The van der Waals surface area contributed by atoms with Crippen LogP contribution in [0.3, 0.4) is 0 Å². The summed E-state index contributed by atoms with van der Waals surface area (Å²) in [5.41, 5.74) is 6.80. The standard InChI is InChI=1S/C13H21NOS/c1-9(5-4-6-11(3)14)12(15)13-10(2)7-8-16-13/h7-9,11H,4-6,14H2,1-3H3. The first-order chi connectivity index (χ1) is 7.52. The van der Waals surface area contributed by atoms with Gasteiger partial charge in [-0.15, -0.1) is 11.3 Å². The third kappa shape index (κ3) is 3.72. The zero-order valence-electron chi connectivity index (χ0n) is 10.3. The van der Waals surface area contributed by atoms with Crippen LogP contribution in [0.15, 0.2) is 11.4 Å². The fourth-order valence-corrected chi connectivity index (χ4v) is 2.71. The Morgan fingerprint density at radius 2 is 2.12 bits per heavy atom. The molecule has 0 fully saturated rings. The van der Waals surface area contributed by atoms with Crippen LogP contribution >= 0.6 is 11.3 Å². The van der Waals surface area contributed by atoms with E-state index in [2.05, 4.69) is 0 Å². The molecule has 0 aliphatic carbocycles. The summed E-state index contributed by atoms with van der Waals surface area (Å²) in [6, 6.07) is 2.25. The molecular formula is C13H21NOS. The van der Waals surface area contributed by atoms with Crippen molar-refractivity contribution >= 4 is 17.1 Å². The van der Waals surface area contributed by atoms with E-state index in [1.54, 1.807) is 11.3 Å². The average molecular weight is 239 g/mol. The normalized spacial score (nSPS) is 14.8. The van der Waals surface area contributed by atoms with Crippen molar-refractivity contribution in [3.63, 3.8) is 0 Å². The molecule has 2 N–H and O–H groups in total. The van der Waals surface area contributed by atoms with Crippen LogP contribution in [0.1, 0.15) is 48.3 Å². The van der Waals surface area contributed by atoms with Crippen molar-refractivity contribution in [3.05, 3.63) is 21.9 Å². The Labute approximate surface area is 102 Å². The number of hydrogen-bond acceptors (Lipinski definition) is 3. The molecule has 3 heteroatoms. The van der Waals surface area contributed by atoms with E-state index in [1.165, 1.54) is 0 Å². The molecule has 0 aromatic carbocycles. The van der Waals surface area contributed by atoms with Crippen molar-refractivity contribution in [1.29, 1.82) is 0 Å². The molecule has 2 atom stereocenters. The summed E-state index contributed by atoms with van der Waals surface area (Å²) in [6.45, 7) is 6.02. The Kier molecular flexibility index (Phi) is 5.16. The summed E-state index contributed by atoms with van der Waals surface area (Å²) in [4.78, 5) is 13.0. The molecule has 0 amide bonds. The molecule has 1 aromatic heterocycles. The van der Waals surface area contributed by atoms with Gasteiger partial charge in [-0.05, 0) is 43.7 Å². The molecule has 0 spiro atoms. The van der Waals surface area contributed by atoms with Crippen molar-refractivity contribution in [2.45, 2.75) is 46.1 Å². The van der Waals surface area contributed by atoms with Crippen molar-refractivity contribution < 1.29 is 4.79 Å². The van der Waals surface area contributed by atoms with Crippen molar-refractivity contribution in [2.24, 2.45) is 11.7 Å². The Morgan fingerprint density at radius 3 is 2.62 bits per heavy atom. The fourth-order valence-electron chi connectivity index (χ4n) is 1.73. The number of hydrogen-bond donors (Lipinski definition) is 1. The monoisotopic (exact) mass is 239 g/mol. The maximum Gasteiger partial charge on any atom is 0.175 e. The molecule has 0 saturated carbocycles. The summed E-state index contributed by atoms with van der Waals surface area (Å²) in [6.07, 6.45) is 2.98. The number of carbonyl (C=O) groups excluding carboxylic acids is 1. The number of Topliss-reactive ketones (excluding diaryl/α,β-unsaturated/α-hetero) is 1. The van der Waals surface area contributed by atoms with Crippen LogP contribution in [0.25, 0.3) is 0 Å². The lowest BCUT2D eigenvalue weighted by molar-refractivity contribution is 0.0925. The van der Waals surface area contributed by atoms with Gasteiger partial charge in [-0.3, -0.25) is 4.79 Å². The minimum Gasteiger partial charge on any atom is -0.328 e. The zero-order valence-corrected chi connectivity index (χ0v) is 11.1. The highest BCUT2D eigenvalue weighted by atomic mass is 32.1. The second-order valence-electron chi connectivity index (χ2n) is 4.61. The Bertz CT molecular complexity index is 343. The van der Waals surface area contributed by atoms with Gasteiger partial charge in [-0.2, -0.15) is 0 Å². The summed E-state index contributed by atoms with van der Waals surface area (Å²) >= 11 is 1.55. The second kappa shape index (κ2) is 6.16. The van der Waals surface area contributed by atoms with Gasteiger partial charge in [-0.1, -0.05) is 13.3 Å². The molecule has 1 heterocycles. The largest absolute Gasteiger partial charge is 0.328 e. The van der Waals surface area contributed by atoms with Crippen LogP contribution in [0.2, 0.25) is 0 Å². The predicted molar refractivity (Wildman–Crippen MR) is 70.1 cm³/mol. The molecule has 0 aliphatic rings. The van der Waals surface area contributed by atoms with Gasteiger partial charge in [0.15, 0.2) is 5.78 Å². The summed E-state index contributed by atoms with van der Waals surface area (Å²) in [5, 5.41) is 1.98. The van der Waals surface area contributed by atoms with Gasteiger partial charge < -0.3 is 5.73 Å². The average Bonchev–Trinajstić information content (AvgIpc) is 2.62. The number of carbonyl (C=O) groups is 1. The number of nitrogens with two attached hydrogens (primary N) is 1. The van der Waals surface area contributed by atoms with Crippen LogP contribution in [-0.2, 0) is 0 Å². The molecule has 1 aromatic rings. The highest BCUT2D eigenvalue weighted by Gasteiger charge is 2.17. The first-order valence-electron chi connectivity index (χ1n) is 5.86. The molecule has 2 nitrogen and oxygen atoms in total. The maximum absolute atomic E-state index is 12.1. The minimum atomic E-state index is 0.121. The summed E-state index contributed by atoms with van der Waals surface area (Å²) in [5.74, 6) is 0.410. The lowest BCUT2D eigenvalue weighted by Gasteiger charge is -2.10. The molecule has 1 rings (SSSR count). The lowest BCUT2D eigenvalue weighted by atomic mass is 9.96. The van der Waals surface area contributed by atoms with E-state index in [9.17, 15) is 4.79 Å². The number of ketones is 1. The van der Waals surface area contributed by atoms with Gasteiger partial charge in [0.2, 0.25) is 0 Å². The fraction of sp³-hybridized carbons (Fsp3) is 0.615. The third-order valence-electron chi connectivity index (χ3n) is 2.83. The highest BCUT2D eigenvalue weighted by molar-refractivity contribution is 7.12. The summed E-state index contributed by atoms with van der Waals surface area (Å²) < 4.78 is 0. The lowest BCUT2D eigenvalue weighted by Crippen LogP contribution is -2.16. The summed E-state index contributed by atoms with van der Waals surface area (Å²) in [7, 11) is 0. The van der Waals surface area contributed by atoms with E-state index in [4.69, 9.17) is 5.73 Å². The van der Waals surface area contributed by atoms with Crippen molar-refractivity contribution in [1.82, 2.24) is 0 Å². The number of rotatable bonds is 6. The highest BCUT2D eigenvalue weighted by Crippen LogP contribution is 2.22.